The molecular formula is C15H19F3N6O. The van der Waals surface area contributed by atoms with E-state index in [9.17, 15) is 13.2 Å². The van der Waals surface area contributed by atoms with E-state index in [0.717, 1.165) is 36.6 Å². The maximum absolute atomic E-state index is 12.5. The molecule has 3 heterocycles. The number of rotatable bonds is 4. The van der Waals surface area contributed by atoms with Crippen molar-refractivity contribution in [2.45, 2.75) is 33.0 Å². The molecule has 10 heteroatoms. The zero-order chi connectivity index (χ0) is 18.0. The molecule has 7 nitrogen and oxygen atoms in total. The van der Waals surface area contributed by atoms with Gasteiger partial charge >= 0.3 is 12.1 Å². The maximum Gasteiger partial charge on any atom is 0.470 e. The number of alkyl halides is 3. The Morgan fingerprint density at radius 2 is 1.84 bits per heavy atom. The number of aromatic nitrogens is 4. The summed E-state index contributed by atoms with van der Waals surface area (Å²) in [6.45, 7) is 7.05. The Morgan fingerprint density at radius 3 is 2.44 bits per heavy atom. The molecule has 25 heavy (non-hydrogen) atoms. The van der Waals surface area contributed by atoms with E-state index in [2.05, 4.69) is 32.0 Å². The Balaban J connectivity index is 1.61. The van der Waals surface area contributed by atoms with Crippen LogP contribution in [0.2, 0.25) is 0 Å². The standard InChI is InChI=1S/C15H19F3N6O/c1-3-11-10(2)19-9-20-13(11)24-6-4-23(5-7-24)8-12-21-22-14(25-12)15(16,17)18/h9H,3-8H2,1-2H3. The second kappa shape index (κ2) is 6.95. The lowest BCUT2D eigenvalue weighted by molar-refractivity contribution is -0.157. The highest BCUT2D eigenvalue weighted by molar-refractivity contribution is 5.48. The smallest absolute Gasteiger partial charge is 0.416 e. The van der Waals surface area contributed by atoms with E-state index in [1.165, 1.54) is 0 Å². The van der Waals surface area contributed by atoms with Crippen LogP contribution in [0.1, 0.15) is 30.0 Å². The van der Waals surface area contributed by atoms with Gasteiger partial charge in [0.2, 0.25) is 5.89 Å². The fourth-order valence-corrected chi connectivity index (χ4v) is 2.92. The Morgan fingerprint density at radius 1 is 1.12 bits per heavy atom. The third kappa shape index (κ3) is 3.89. The van der Waals surface area contributed by atoms with Gasteiger partial charge in [0.15, 0.2) is 0 Å². The predicted octanol–water partition coefficient (Wildman–Crippen LogP) is 2.07. The molecule has 0 amide bonds. The molecule has 0 spiro atoms. The third-order valence-corrected chi connectivity index (χ3v) is 4.23. The van der Waals surface area contributed by atoms with E-state index in [1.807, 2.05) is 11.8 Å². The maximum atomic E-state index is 12.5. The van der Waals surface area contributed by atoms with Crippen LogP contribution in [0.5, 0.6) is 0 Å². The van der Waals surface area contributed by atoms with Gasteiger partial charge in [0.05, 0.1) is 6.54 Å². The number of piperazine rings is 1. The van der Waals surface area contributed by atoms with Gasteiger partial charge in [-0.15, -0.1) is 10.2 Å². The molecule has 0 saturated carbocycles. The first-order valence-electron chi connectivity index (χ1n) is 8.05. The highest BCUT2D eigenvalue weighted by Gasteiger charge is 2.38. The van der Waals surface area contributed by atoms with Crippen molar-refractivity contribution in [3.05, 3.63) is 29.4 Å². The van der Waals surface area contributed by atoms with Gasteiger partial charge in [0.25, 0.3) is 0 Å². The van der Waals surface area contributed by atoms with Crippen molar-refractivity contribution >= 4 is 5.82 Å². The molecule has 0 aliphatic carbocycles. The van der Waals surface area contributed by atoms with Gasteiger partial charge in [0, 0.05) is 37.4 Å². The van der Waals surface area contributed by atoms with Crippen LogP contribution in [-0.2, 0) is 19.1 Å². The SMILES string of the molecule is CCc1c(C)ncnc1N1CCN(Cc2nnc(C(F)(F)F)o2)CC1. The van der Waals surface area contributed by atoms with Crippen LogP contribution in [0.4, 0.5) is 19.0 Å². The van der Waals surface area contributed by atoms with Crippen LogP contribution >= 0.6 is 0 Å². The fourth-order valence-electron chi connectivity index (χ4n) is 2.92. The van der Waals surface area contributed by atoms with Gasteiger partial charge in [-0.25, -0.2) is 9.97 Å². The van der Waals surface area contributed by atoms with Crippen molar-refractivity contribution in [1.82, 2.24) is 25.1 Å². The second-order valence-corrected chi connectivity index (χ2v) is 5.88. The zero-order valence-electron chi connectivity index (χ0n) is 14.0. The molecule has 1 saturated heterocycles. The lowest BCUT2D eigenvalue weighted by atomic mass is 10.1. The number of anilines is 1. The van der Waals surface area contributed by atoms with Gasteiger partial charge in [-0.05, 0) is 13.3 Å². The van der Waals surface area contributed by atoms with Crippen molar-refractivity contribution in [2.24, 2.45) is 0 Å². The normalized spacial score (nSPS) is 16.4. The van der Waals surface area contributed by atoms with E-state index in [4.69, 9.17) is 4.42 Å². The van der Waals surface area contributed by atoms with Crippen LogP contribution in [-0.4, -0.2) is 51.2 Å². The molecule has 1 fully saturated rings. The Kier molecular flexibility index (Phi) is 4.89. The van der Waals surface area contributed by atoms with Gasteiger partial charge in [0.1, 0.15) is 12.1 Å². The van der Waals surface area contributed by atoms with Crippen LogP contribution in [0.25, 0.3) is 0 Å². The quantitative estimate of drug-likeness (QED) is 0.830. The summed E-state index contributed by atoms with van der Waals surface area (Å²) in [4.78, 5) is 12.8. The summed E-state index contributed by atoms with van der Waals surface area (Å²) in [6.07, 6.45) is -2.19. The van der Waals surface area contributed by atoms with Crippen molar-refractivity contribution in [3.8, 4) is 0 Å². The van der Waals surface area contributed by atoms with E-state index >= 15 is 0 Å². The van der Waals surface area contributed by atoms with Crippen LogP contribution < -0.4 is 4.90 Å². The number of hydrogen-bond donors (Lipinski definition) is 0. The second-order valence-electron chi connectivity index (χ2n) is 5.88. The lowest BCUT2D eigenvalue weighted by Gasteiger charge is -2.35. The first-order chi connectivity index (χ1) is 11.9. The summed E-state index contributed by atoms with van der Waals surface area (Å²) < 4.78 is 42.2. The van der Waals surface area contributed by atoms with Crippen molar-refractivity contribution in [2.75, 3.05) is 31.1 Å². The molecule has 3 rings (SSSR count). The summed E-state index contributed by atoms with van der Waals surface area (Å²) in [6, 6.07) is 0. The summed E-state index contributed by atoms with van der Waals surface area (Å²) in [5, 5.41) is 6.53. The molecular weight excluding hydrogens is 337 g/mol. The summed E-state index contributed by atoms with van der Waals surface area (Å²) in [5.41, 5.74) is 2.10. The lowest BCUT2D eigenvalue weighted by Crippen LogP contribution is -2.46. The van der Waals surface area contributed by atoms with Crippen LogP contribution in [0.3, 0.4) is 0 Å². The van der Waals surface area contributed by atoms with Gasteiger partial charge in [-0.3, -0.25) is 4.90 Å². The highest BCUT2D eigenvalue weighted by atomic mass is 19.4. The van der Waals surface area contributed by atoms with Crippen LogP contribution in [0.15, 0.2) is 10.7 Å². The van der Waals surface area contributed by atoms with Crippen molar-refractivity contribution in [1.29, 1.82) is 0 Å². The van der Waals surface area contributed by atoms with Gasteiger partial charge in [-0.1, -0.05) is 6.92 Å². The minimum Gasteiger partial charge on any atom is -0.416 e. The van der Waals surface area contributed by atoms with Crippen molar-refractivity contribution < 1.29 is 17.6 Å². The average molecular weight is 356 g/mol. The molecule has 136 valence electrons. The topological polar surface area (TPSA) is 71.2 Å². The Hall–Kier alpha value is -2.23. The zero-order valence-corrected chi connectivity index (χ0v) is 14.0. The minimum absolute atomic E-state index is 0.0205. The Labute approximate surface area is 142 Å². The average Bonchev–Trinajstić information content (AvgIpc) is 3.04. The minimum atomic E-state index is -4.61. The fraction of sp³-hybridized carbons (Fsp3) is 0.600. The van der Waals surface area contributed by atoms with E-state index < -0.39 is 12.1 Å². The van der Waals surface area contributed by atoms with E-state index in [1.54, 1.807) is 6.33 Å². The molecule has 2 aromatic heterocycles. The molecule has 1 aliphatic heterocycles. The monoisotopic (exact) mass is 356 g/mol. The Bertz CT molecular complexity index is 724. The molecule has 0 N–H and O–H groups in total. The van der Waals surface area contributed by atoms with Crippen molar-refractivity contribution in [3.63, 3.8) is 0 Å². The summed E-state index contributed by atoms with van der Waals surface area (Å²) in [7, 11) is 0. The predicted molar refractivity (Wildman–Crippen MR) is 82.9 cm³/mol. The van der Waals surface area contributed by atoms with Gasteiger partial charge in [-0.2, -0.15) is 13.2 Å². The molecule has 1 aliphatic rings. The van der Waals surface area contributed by atoms with Gasteiger partial charge < -0.3 is 9.32 Å². The van der Waals surface area contributed by atoms with E-state index in [0.29, 0.717) is 13.1 Å². The molecule has 2 aromatic rings. The number of aryl methyl sites for hydroxylation is 1. The first kappa shape index (κ1) is 17.6. The first-order valence-corrected chi connectivity index (χ1v) is 8.05. The largest absolute Gasteiger partial charge is 0.470 e. The summed E-state index contributed by atoms with van der Waals surface area (Å²) in [5.74, 6) is -0.384. The third-order valence-electron chi connectivity index (χ3n) is 4.23. The molecule has 0 radical (unpaired) electrons. The number of hydrogen-bond acceptors (Lipinski definition) is 7. The molecule has 0 aromatic carbocycles. The molecule has 0 unspecified atom stereocenters. The van der Waals surface area contributed by atoms with E-state index in [-0.39, 0.29) is 12.4 Å². The highest BCUT2D eigenvalue weighted by Crippen LogP contribution is 2.28. The number of halogens is 3. The molecule has 0 atom stereocenters. The number of nitrogens with zero attached hydrogens (tertiary/aromatic N) is 6. The van der Waals surface area contributed by atoms with Crippen LogP contribution in [0, 0.1) is 6.92 Å². The summed E-state index contributed by atoms with van der Waals surface area (Å²) >= 11 is 0. The molecule has 0 bridgehead atoms.